The Morgan fingerprint density at radius 3 is 2.95 bits per heavy atom. The number of nitrogens with zero attached hydrogens (tertiary/aromatic N) is 1. The van der Waals surface area contributed by atoms with Crippen molar-refractivity contribution in [2.45, 2.75) is 39.3 Å². The van der Waals surface area contributed by atoms with Crippen LogP contribution in [0.1, 0.15) is 32.3 Å². The summed E-state index contributed by atoms with van der Waals surface area (Å²) in [5, 5.41) is 3.37. The number of piperidine rings is 1. The van der Waals surface area contributed by atoms with E-state index < -0.39 is 0 Å². The first-order chi connectivity index (χ1) is 10.2. The first kappa shape index (κ1) is 16.2. The van der Waals surface area contributed by atoms with Gasteiger partial charge in [-0.25, -0.2) is 4.39 Å². The summed E-state index contributed by atoms with van der Waals surface area (Å²) in [6.45, 7) is 7.66. The third kappa shape index (κ3) is 3.95. The van der Waals surface area contributed by atoms with Crippen molar-refractivity contribution in [1.29, 1.82) is 0 Å². The molecule has 2 atom stereocenters. The standard InChI is InChI=1S/C17H27FN2O/c1-4-9-19-11-14-6-5-7-15(18)17(14)20-10-8-13(2)16(12-20)21-3/h5-7,13,16,19H,4,8-12H2,1-3H3. The van der Waals surface area contributed by atoms with E-state index in [2.05, 4.69) is 24.1 Å². The average molecular weight is 294 g/mol. The van der Waals surface area contributed by atoms with Gasteiger partial charge in [-0.15, -0.1) is 0 Å². The molecule has 1 aliphatic heterocycles. The molecule has 2 unspecified atom stereocenters. The normalized spacial score (nSPS) is 22.6. The summed E-state index contributed by atoms with van der Waals surface area (Å²) < 4.78 is 19.9. The molecule has 1 heterocycles. The van der Waals surface area contributed by atoms with E-state index in [-0.39, 0.29) is 11.9 Å². The molecule has 1 N–H and O–H groups in total. The van der Waals surface area contributed by atoms with Gasteiger partial charge in [-0.3, -0.25) is 0 Å². The maximum Gasteiger partial charge on any atom is 0.146 e. The van der Waals surface area contributed by atoms with Gasteiger partial charge in [-0.2, -0.15) is 0 Å². The second-order valence-corrected chi connectivity index (χ2v) is 5.91. The number of methoxy groups -OCH3 is 1. The molecule has 0 bridgehead atoms. The molecule has 0 saturated carbocycles. The molecule has 0 radical (unpaired) electrons. The summed E-state index contributed by atoms with van der Waals surface area (Å²) in [5.74, 6) is 0.398. The molecule has 4 heteroatoms. The monoisotopic (exact) mass is 294 g/mol. The van der Waals surface area contributed by atoms with E-state index in [0.29, 0.717) is 12.5 Å². The van der Waals surface area contributed by atoms with E-state index in [1.54, 1.807) is 19.2 Å². The Bertz CT molecular complexity index is 452. The van der Waals surface area contributed by atoms with Crippen molar-refractivity contribution in [3.8, 4) is 0 Å². The van der Waals surface area contributed by atoms with Crippen LogP contribution in [0.25, 0.3) is 0 Å². The van der Waals surface area contributed by atoms with Gasteiger partial charge in [0.1, 0.15) is 5.82 Å². The number of anilines is 1. The fourth-order valence-electron chi connectivity index (χ4n) is 3.00. The van der Waals surface area contributed by atoms with Gasteiger partial charge in [0.15, 0.2) is 0 Å². The largest absolute Gasteiger partial charge is 0.379 e. The zero-order valence-corrected chi connectivity index (χ0v) is 13.4. The predicted molar refractivity (Wildman–Crippen MR) is 85.2 cm³/mol. The van der Waals surface area contributed by atoms with Crippen molar-refractivity contribution in [3.63, 3.8) is 0 Å². The fraction of sp³-hybridized carbons (Fsp3) is 0.647. The van der Waals surface area contributed by atoms with Crippen LogP contribution in [0, 0.1) is 11.7 Å². The summed E-state index contributed by atoms with van der Waals surface area (Å²) in [6.07, 6.45) is 2.29. The summed E-state index contributed by atoms with van der Waals surface area (Å²) in [4.78, 5) is 2.15. The van der Waals surface area contributed by atoms with Crippen molar-refractivity contribution in [1.82, 2.24) is 5.32 Å². The maximum atomic E-state index is 14.4. The molecule has 1 aromatic carbocycles. The summed E-state index contributed by atoms with van der Waals surface area (Å²) in [6, 6.07) is 5.36. The van der Waals surface area contributed by atoms with Gasteiger partial charge < -0.3 is 15.0 Å². The van der Waals surface area contributed by atoms with Crippen LogP contribution in [0.4, 0.5) is 10.1 Å². The highest BCUT2D eigenvalue weighted by Crippen LogP contribution is 2.30. The van der Waals surface area contributed by atoms with Crippen molar-refractivity contribution >= 4 is 5.69 Å². The molecule has 0 spiro atoms. The minimum Gasteiger partial charge on any atom is -0.379 e. The lowest BCUT2D eigenvalue weighted by Crippen LogP contribution is -2.44. The van der Waals surface area contributed by atoms with Gasteiger partial charge >= 0.3 is 0 Å². The van der Waals surface area contributed by atoms with Crippen LogP contribution in [0.3, 0.4) is 0 Å². The molecule has 118 valence electrons. The van der Waals surface area contributed by atoms with Crippen LogP contribution in [0.2, 0.25) is 0 Å². The highest BCUT2D eigenvalue weighted by atomic mass is 19.1. The molecule has 2 rings (SSSR count). The third-order valence-corrected chi connectivity index (χ3v) is 4.32. The van der Waals surface area contributed by atoms with E-state index in [1.165, 1.54) is 0 Å². The first-order valence-electron chi connectivity index (χ1n) is 7.93. The SMILES string of the molecule is CCCNCc1cccc(F)c1N1CCC(C)C(OC)C1. The smallest absolute Gasteiger partial charge is 0.146 e. The number of hydrogen-bond acceptors (Lipinski definition) is 3. The number of nitrogens with one attached hydrogen (secondary N) is 1. The summed E-state index contributed by atoms with van der Waals surface area (Å²) in [7, 11) is 1.75. The number of rotatable bonds is 6. The van der Waals surface area contributed by atoms with Gasteiger partial charge in [0, 0.05) is 26.7 Å². The molecule has 0 aromatic heterocycles. The minimum absolute atomic E-state index is 0.129. The van der Waals surface area contributed by atoms with E-state index in [0.717, 1.165) is 43.7 Å². The zero-order chi connectivity index (χ0) is 15.2. The quantitative estimate of drug-likeness (QED) is 0.816. The molecule has 0 aliphatic carbocycles. The Labute approximate surface area is 127 Å². The minimum atomic E-state index is -0.129. The van der Waals surface area contributed by atoms with Crippen LogP contribution in [-0.2, 0) is 11.3 Å². The molecular weight excluding hydrogens is 267 g/mol. The third-order valence-electron chi connectivity index (χ3n) is 4.32. The van der Waals surface area contributed by atoms with Gasteiger partial charge in [0.25, 0.3) is 0 Å². The van der Waals surface area contributed by atoms with E-state index in [4.69, 9.17) is 4.74 Å². The molecular formula is C17H27FN2O. The Hall–Kier alpha value is -1.13. The molecule has 0 amide bonds. The van der Waals surface area contributed by atoms with Gasteiger partial charge in [0.2, 0.25) is 0 Å². The summed E-state index contributed by atoms with van der Waals surface area (Å²) in [5.41, 5.74) is 1.78. The average Bonchev–Trinajstić information content (AvgIpc) is 2.49. The number of ether oxygens (including phenoxy) is 1. The van der Waals surface area contributed by atoms with Crippen LogP contribution >= 0.6 is 0 Å². The van der Waals surface area contributed by atoms with Crippen LogP contribution < -0.4 is 10.2 Å². The number of benzene rings is 1. The van der Waals surface area contributed by atoms with Gasteiger partial charge in [-0.1, -0.05) is 26.0 Å². The van der Waals surface area contributed by atoms with Crippen LogP contribution in [0.5, 0.6) is 0 Å². The lowest BCUT2D eigenvalue weighted by atomic mass is 9.94. The van der Waals surface area contributed by atoms with Gasteiger partial charge in [-0.05, 0) is 36.9 Å². The van der Waals surface area contributed by atoms with Crippen molar-refractivity contribution in [3.05, 3.63) is 29.6 Å². The Kier molecular flexibility index (Phi) is 6.00. The molecule has 1 saturated heterocycles. The van der Waals surface area contributed by atoms with Crippen molar-refractivity contribution in [2.24, 2.45) is 5.92 Å². The molecule has 3 nitrogen and oxygen atoms in total. The Morgan fingerprint density at radius 1 is 1.43 bits per heavy atom. The van der Waals surface area contributed by atoms with Crippen molar-refractivity contribution in [2.75, 3.05) is 31.6 Å². The fourth-order valence-corrected chi connectivity index (χ4v) is 3.00. The molecule has 1 aliphatic rings. The van der Waals surface area contributed by atoms with E-state index in [1.807, 2.05) is 6.07 Å². The van der Waals surface area contributed by atoms with Crippen LogP contribution in [0.15, 0.2) is 18.2 Å². The topological polar surface area (TPSA) is 24.5 Å². The number of halogens is 1. The highest BCUT2D eigenvalue weighted by Gasteiger charge is 2.28. The van der Waals surface area contributed by atoms with Gasteiger partial charge in [0.05, 0.1) is 11.8 Å². The van der Waals surface area contributed by atoms with E-state index in [9.17, 15) is 4.39 Å². The molecule has 1 aromatic rings. The number of hydrogen-bond donors (Lipinski definition) is 1. The Balaban J connectivity index is 2.17. The molecule has 1 fully saturated rings. The lowest BCUT2D eigenvalue weighted by Gasteiger charge is -2.38. The van der Waals surface area contributed by atoms with Crippen molar-refractivity contribution < 1.29 is 9.13 Å². The second kappa shape index (κ2) is 7.76. The second-order valence-electron chi connectivity index (χ2n) is 5.91. The maximum absolute atomic E-state index is 14.4. The van der Waals surface area contributed by atoms with E-state index >= 15 is 0 Å². The Morgan fingerprint density at radius 2 is 2.24 bits per heavy atom. The highest BCUT2D eigenvalue weighted by molar-refractivity contribution is 5.55. The lowest BCUT2D eigenvalue weighted by molar-refractivity contribution is 0.0496. The first-order valence-corrected chi connectivity index (χ1v) is 7.93. The zero-order valence-electron chi connectivity index (χ0n) is 13.4. The summed E-state index contributed by atoms with van der Waals surface area (Å²) >= 11 is 0. The predicted octanol–water partition coefficient (Wildman–Crippen LogP) is 3.19. The molecule has 21 heavy (non-hydrogen) atoms. The number of para-hydroxylation sites is 1. The van der Waals surface area contributed by atoms with Crippen LogP contribution in [-0.4, -0.2) is 32.8 Å².